The van der Waals surface area contributed by atoms with Gasteiger partial charge in [-0.1, -0.05) is 6.58 Å². The molecule has 0 atom stereocenters. The Bertz CT molecular complexity index is 1250. The molecule has 0 radical (unpaired) electrons. The summed E-state index contributed by atoms with van der Waals surface area (Å²) in [6, 6.07) is 9.77. The van der Waals surface area contributed by atoms with E-state index in [0.29, 0.717) is 47.3 Å². The van der Waals surface area contributed by atoms with Gasteiger partial charge in [0.05, 0.1) is 45.2 Å². The van der Waals surface area contributed by atoms with Crippen molar-refractivity contribution in [3.8, 4) is 23.0 Å². The third-order valence-electron chi connectivity index (χ3n) is 4.77. The van der Waals surface area contributed by atoms with Crippen molar-refractivity contribution in [2.24, 2.45) is 0 Å². The van der Waals surface area contributed by atoms with Gasteiger partial charge in [0.2, 0.25) is 0 Å². The predicted molar refractivity (Wildman–Crippen MR) is 158 cm³/mol. The fourth-order valence-corrected chi connectivity index (χ4v) is 2.57. The lowest BCUT2D eigenvalue weighted by Gasteiger charge is -2.23. The van der Waals surface area contributed by atoms with Crippen molar-refractivity contribution in [2.75, 3.05) is 55.9 Å². The number of aliphatic hydroxyl groups is 1. The fraction of sp³-hybridized carbons (Fsp3) is 0.429. The van der Waals surface area contributed by atoms with Crippen LogP contribution >= 0.6 is 0 Å². The van der Waals surface area contributed by atoms with Gasteiger partial charge in [-0.05, 0) is 62.7 Å². The van der Waals surface area contributed by atoms with Gasteiger partial charge < -0.3 is 38.3 Å². The molecule has 0 amide bonds. The molecule has 2 aromatic rings. The third kappa shape index (κ3) is 18.3. The van der Waals surface area contributed by atoms with Crippen LogP contribution in [0.15, 0.2) is 48.6 Å². The molecule has 0 aliphatic rings. The minimum absolute atomic E-state index is 0.372. The number of hydrogen-bond donors (Lipinski definition) is 3. The lowest BCUT2D eigenvalue weighted by Crippen LogP contribution is -2.30. The monoisotopic (exact) mass is 634 g/mol. The highest BCUT2D eigenvalue weighted by molar-refractivity contribution is 7.79. The van der Waals surface area contributed by atoms with Crippen molar-refractivity contribution in [1.82, 2.24) is 0 Å². The summed E-state index contributed by atoms with van der Waals surface area (Å²) in [5, 5.41) is 7.00. The third-order valence-corrected chi connectivity index (χ3v) is 4.77. The second-order valence-electron chi connectivity index (χ2n) is 8.66. The summed E-state index contributed by atoms with van der Waals surface area (Å²) in [5.41, 5.74) is 1.35. The first-order chi connectivity index (χ1) is 20.0. The predicted octanol–water partition coefficient (Wildman–Crippen LogP) is 3.68. The minimum Gasteiger partial charge on any atom is -0.493 e. The maximum atomic E-state index is 11.4. The van der Waals surface area contributed by atoms with Gasteiger partial charge in [-0.3, -0.25) is 9.11 Å². The number of rotatable bonds is 11. The summed E-state index contributed by atoms with van der Waals surface area (Å²) in [6.07, 6.45) is 0. The minimum atomic E-state index is -4.67. The van der Waals surface area contributed by atoms with Crippen LogP contribution < -0.4 is 18.9 Å². The van der Waals surface area contributed by atoms with E-state index in [0.717, 1.165) is 12.7 Å². The van der Waals surface area contributed by atoms with E-state index in [4.69, 9.17) is 46.3 Å². The highest BCUT2D eigenvalue weighted by Crippen LogP contribution is 2.30. The van der Waals surface area contributed by atoms with E-state index in [2.05, 4.69) is 16.1 Å². The van der Waals surface area contributed by atoms with Crippen LogP contribution in [-0.2, 0) is 24.6 Å². The number of methoxy groups -OCH3 is 5. The van der Waals surface area contributed by atoms with E-state index in [1.165, 1.54) is 28.4 Å². The zero-order valence-electron chi connectivity index (χ0n) is 25.8. The smallest absolute Gasteiger partial charge is 0.394 e. The highest BCUT2D eigenvalue weighted by Gasteiger charge is 2.19. The fourth-order valence-electron chi connectivity index (χ4n) is 2.57. The number of esters is 2. The van der Waals surface area contributed by atoms with Crippen LogP contribution in [0, 0.1) is 0 Å². The molecule has 15 heteroatoms. The first-order valence-electron chi connectivity index (χ1n) is 12.1. The van der Waals surface area contributed by atoms with Crippen LogP contribution in [0.5, 0.6) is 23.0 Å². The molecule has 0 saturated heterocycles. The van der Waals surface area contributed by atoms with Crippen molar-refractivity contribution >= 4 is 22.3 Å². The second-order valence-corrected chi connectivity index (χ2v) is 9.56. The number of hydrogen-bond acceptors (Lipinski definition) is 12. The Kier molecular flexibility index (Phi) is 20.0. The Balaban J connectivity index is 0. The van der Waals surface area contributed by atoms with Crippen molar-refractivity contribution in [3.63, 3.8) is 0 Å². The summed E-state index contributed by atoms with van der Waals surface area (Å²) >= 11 is 0. The molecule has 0 heterocycles. The summed E-state index contributed by atoms with van der Waals surface area (Å²) in [5.74, 6) is 1.28. The summed E-state index contributed by atoms with van der Waals surface area (Å²) in [6.45, 7) is 10.2. The highest BCUT2D eigenvalue weighted by atomic mass is 32.3. The number of carbonyl (C=O) groups excluding carboxylic acids is 2. The van der Waals surface area contributed by atoms with Gasteiger partial charge in [-0.15, -0.1) is 0 Å². The van der Waals surface area contributed by atoms with Crippen LogP contribution in [0.2, 0.25) is 0 Å². The Morgan fingerprint density at radius 1 is 0.767 bits per heavy atom. The Hall–Kier alpha value is -3.89. The molecule has 0 saturated carbocycles. The normalized spacial score (nSPS) is 10.1. The SMILES string of the molecule is C=C(C)COc1ccc(C(=O)OC)cc1OC.CO.COC(=O)c1ccc(OCC(C)(C)OC)c(OC)c1.O=S(=O)(O)O. The van der Waals surface area contributed by atoms with Crippen LogP contribution in [0.3, 0.4) is 0 Å². The van der Waals surface area contributed by atoms with Gasteiger partial charge >= 0.3 is 22.3 Å². The summed E-state index contributed by atoms with van der Waals surface area (Å²) < 4.78 is 67.6. The Morgan fingerprint density at radius 2 is 1.14 bits per heavy atom. The summed E-state index contributed by atoms with van der Waals surface area (Å²) in [4.78, 5) is 22.7. The van der Waals surface area contributed by atoms with E-state index >= 15 is 0 Å². The molecule has 244 valence electrons. The van der Waals surface area contributed by atoms with Gasteiger partial charge in [0.25, 0.3) is 0 Å². The Morgan fingerprint density at radius 3 is 1.44 bits per heavy atom. The number of benzene rings is 2. The van der Waals surface area contributed by atoms with Gasteiger partial charge in [0, 0.05) is 14.2 Å². The Labute approximate surface area is 252 Å². The largest absolute Gasteiger partial charge is 0.493 e. The van der Waals surface area contributed by atoms with E-state index < -0.39 is 27.9 Å². The number of ether oxygens (including phenoxy) is 7. The van der Waals surface area contributed by atoms with Gasteiger partial charge in [-0.2, -0.15) is 8.42 Å². The lowest BCUT2D eigenvalue weighted by atomic mass is 10.1. The van der Waals surface area contributed by atoms with Crippen LogP contribution in [-0.4, -0.2) is 96.0 Å². The molecule has 0 fully saturated rings. The van der Waals surface area contributed by atoms with E-state index in [1.807, 2.05) is 20.8 Å². The molecule has 0 spiro atoms. The summed E-state index contributed by atoms with van der Waals surface area (Å²) in [7, 11) is 3.66. The average molecular weight is 635 g/mol. The zero-order valence-corrected chi connectivity index (χ0v) is 26.6. The van der Waals surface area contributed by atoms with Crippen molar-refractivity contribution < 1.29 is 65.4 Å². The molecular weight excluding hydrogens is 592 g/mol. The molecule has 0 aliphatic heterocycles. The lowest BCUT2D eigenvalue weighted by molar-refractivity contribution is -0.0152. The molecule has 0 aliphatic carbocycles. The van der Waals surface area contributed by atoms with Crippen LogP contribution in [0.4, 0.5) is 0 Å². The first kappa shape index (κ1) is 41.2. The molecule has 14 nitrogen and oxygen atoms in total. The maximum Gasteiger partial charge on any atom is 0.394 e. The van der Waals surface area contributed by atoms with Crippen LogP contribution in [0.1, 0.15) is 41.5 Å². The number of carbonyl (C=O) groups is 2. The molecule has 0 unspecified atom stereocenters. The number of aliphatic hydroxyl groups excluding tert-OH is 1. The standard InChI is InChI=1S/C14H20O5.C13H16O4.CH4O.H2O4S/c1-14(2,18-5)9-19-11-7-6-10(13(15)17-4)8-12(11)16-3;1-9(2)8-17-11-6-5-10(13(14)16-4)7-12(11)15-3;1-2;1-5(2,3)4/h6-8H,9H2,1-5H3;5-7H,1,8H2,2-4H3;2H,1H3;(H2,1,2,3,4). The first-order valence-corrected chi connectivity index (χ1v) is 13.5. The molecule has 2 rings (SSSR count). The zero-order chi connectivity index (χ0) is 33.8. The molecular formula is C28H42O14S. The van der Waals surface area contributed by atoms with E-state index in [9.17, 15) is 9.59 Å². The van der Waals surface area contributed by atoms with Crippen molar-refractivity contribution in [1.29, 1.82) is 0 Å². The van der Waals surface area contributed by atoms with Gasteiger partial charge in [0.1, 0.15) is 13.2 Å². The van der Waals surface area contributed by atoms with Gasteiger partial charge in [0.15, 0.2) is 23.0 Å². The van der Waals surface area contributed by atoms with Crippen LogP contribution in [0.25, 0.3) is 0 Å². The quantitative estimate of drug-likeness (QED) is 0.184. The van der Waals surface area contributed by atoms with Gasteiger partial charge in [-0.25, -0.2) is 9.59 Å². The molecule has 43 heavy (non-hydrogen) atoms. The average Bonchev–Trinajstić information content (AvgIpc) is 2.98. The molecule has 0 aromatic heterocycles. The molecule has 2 aromatic carbocycles. The maximum absolute atomic E-state index is 11.4. The topological polar surface area (TPSA) is 194 Å². The van der Waals surface area contributed by atoms with Crippen molar-refractivity contribution in [2.45, 2.75) is 26.4 Å². The molecule has 3 N–H and O–H groups in total. The van der Waals surface area contributed by atoms with E-state index in [1.54, 1.807) is 43.5 Å². The second kappa shape index (κ2) is 20.9. The molecule has 0 bridgehead atoms. The van der Waals surface area contributed by atoms with Crippen molar-refractivity contribution in [3.05, 3.63) is 59.7 Å². The van der Waals surface area contributed by atoms with E-state index in [-0.39, 0.29) is 0 Å².